The molecular weight excluding hydrogens is 816 g/mol. The Morgan fingerprint density at radius 2 is 1.67 bits per heavy atom. The number of pyridine rings is 2. The first-order chi connectivity index (χ1) is 30.8. The summed E-state index contributed by atoms with van der Waals surface area (Å²) in [6.45, 7) is 16.4. The Morgan fingerprint density at radius 1 is 0.906 bits per heavy atom. The van der Waals surface area contributed by atoms with Crippen molar-refractivity contribution in [3.05, 3.63) is 95.7 Å². The zero-order valence-electron chi connectivity index (χ0n) is 36.8. The average molecular weight is 869 g/mol. The highest BCUT2D eigenvalue weighted by Crippen LogP contribution is 2.33. The summed E-state index contributed by atoms with van der Waals surface area (Å²) in [6.07, 6.45) is 5.95. The molecule has 7 heterocycles. The SMILES string of the molecule is Cc1cc(-c2[nH]nc3ncc(-c4ccc(N5CCN(CC6CCN(c7ccc(N8CCC(=O)NC8=O)c(F)c7)CC6)CC5)nc4)cc23)ccc1C(C)NC(=O)c1noc(C(C)(C)C)n1. The molecule has 3 N–H and O–H groups in total. The van der Waals surface area contributed by atoms with Crippen molar-refractivity contribution in [3.63, 3.8) is 0 Å². The van der Waals surface area contributed by atoms with Crippen LogP contribution in [0.5, 0.6) is 0 Å². The lowest BCUT2D eigenvalue weighted by Crippen LogP contribution is -2.50. The minimum absolute atomic E-state index is 0.0130. The molecule has 2 aromatic carbocycles. The van der Waals surface area contributed by atoms with Crippen molar-refractivity contribution in [3.8, 4) is 22.4 Å². The van der Waals surface area contributed by atoms with Gasteiger partial charge in [0.15, 0.2) is 5.65 Å². The van der Waals surface area contributed by atoms with Gasteiger partial charge in [0.2, 0.25) is 11.8 Å². The number of fused-ring (bicyclic) bond motifs is 1. The van der Waals surface area contributed by atoms with Gasteiger partial charge in [-0.3, -0.25) is 29.8 Å². The lowest BCUT2D eigenvalue weighted by molar-refractivity contribution is -0.120. The van der Waals surface area contributed by atoms with Crippen LogP contribution in [0.15, 0.2) is 71.5 Å². The van der Waals surface area contributed by atoms with E-state index < -0.39 is 17.8 Å². The summed E-state index contributed by atoms with van der Waals surface area (Å²) in [6, 6.07) is 16.5. The van der Waals surface area contributed by atoms with Crippen LogP contribution in [0.25, 0.3) is 33.4 Å². The first kappa shape index (κ1) is 42.5. The van der Waals surface area contributed by atoms with E-state index in [2.05, 4.69) is 74.9 Å². The van der Waals surface area contributed by atoms with Gasteiger partial charge in [-0.15, -0.1) is 0 Å². The van der Waals surface area contributed by atoms with Crippen LogP contribution in [0.3, 0.4) is 0 Å². The zero-order chi connectivity index (χ0) is 44.7. The number of piperidine rings is 1. The Balaban J connectivity index is 0.770. The Kier molecular flexibility index (Phi) is 11.6. The molecule has 16 nitrogen and oxygen atoms in total. The number of aromatic amines is 1. The van der Waals surface area contributed by atoms with E-state index in [4.69, 9.17) is 9.51 Å². The van der Waals surface area contributed by atoms with Crippen molar-refractivity contribution in [1.82, 2.24) is 45.8 Å². The molecule has 3 fully saturated rings. The van der Waals surface area contributed by atoms with Gasteiger partial charge in [-0.2, -0.15) is 10.1 Å². The van der Waals surface area contributed by atoms with Gasteiger partial charge in [-0.05, 0) is 86.2 Å². The van der Waals surface area contributed by atoms with E-state index in [-0.39, 0.29) is 41.8 Å². The van der Waals surface area contributed by atoms with Crippen LogP contribution in [-0.4, -0.2) is 105 Å². The van der Waals surface area contributed by atoms with E-state index in [9.17, 15) is 14.4 Å². The first-order valence-electron chi connectivity index (χ1n) is 22.0. The number of piperazine rings is 1. The number of rotatable bonds is 10. The fourth-order valence-corrected chi connectivity index (χ4v) is 8.90. The highest BCUT2D eigenvalue weighted by molar-refractivity contribution is 6.05. The number of hydrogen-bond acceptors (Lipinski definition) is 12. The zero-order valence-corrected chi connectivity index (χ0v) is 36.8. The molecule has 4 amide bonds. The third-order valence-corrected chi connectivity index (χ3v) is 12.6. The largest absolute Gasteiger partial charge is 0.371 e. The molecule has 6 aromatic rings. The van der Waals surface area contributed by atoms with Crippen molar-refractivity contribution < 1.29 is 23.3 Å². The van der Waals surface area contributed by atoms with Gasteiger partial charge in [0.25, 0.3) is 11.7 Å². The minimum Gasteiger partial charge on any atom is -0.371 e. The number of nitrogens with one attached hydrogen (secondary N) is 3. The molecule has 1 unspecified atom stereocenters. The number of anilines is 3. The number of aromatic nitrogens is 6. The summed E-state index contributed by atoms with van der Waals surface area (Å²) >= 11 is 0. The second-order valence-corrected chi connectivity index (χ2v) is 18.1. The van der Waals surface area contributed by atoms with Gasteiger partial charge >= 0.3 is 6.03 Å². The summed E-state index contributed by atoms with van der Waals surface area (Å²) < 4.78 is 20.5. The van der Waals surface area contributed by atoms with E-state index >= 15 is 4.39 Å². The number of nitrogens with zero attached hydrogens (tertiary/aromatic N) is 9. The minimum atomic E-state index is -0.586. The number of aryl methyl sites for hydroxylation is 1. The molecule has 64 heavy (non-hydrogen) atoms. The number of carbonyl (C=O) groups is 3. The highest BCUT2D eigenvalue weighted by atomic mass is 19.1. The van der Waals surface area contributed by atoms with Crippen LogP contribution in [0.4, 0.5) is 26.4 Å². The summed E-state index contributed by atoms with van der Waals surface area (Å²) in [4.78, 5) is 58.9. The van der Waals surface area contributed by atoms with Crippen molar-refractivity contribution in [2.45, 2.75) is 65.3 Å². The number of halogens is 1. The highest BCUT2D eigenvalue weighted by Gasteiger charge is 2.29. The maximum Gasteiger partial charge on any atom is 0.328 e. The van der Waals surface area contributed by atoms with Gasteiger partial charge in [0.05, 0.1) is 17.4 Å². The Hall–Kier alpha value is -6.75. The van der Waals surface area contributed by atoms with Crippen molar-refractivity contribution in [1.29, 1.82) is 0 Å². The van der Waals surface area contributed by atoms with Gasteiger partial charge in [0.1, 0.15) is 11.6 Å². The first-order valence-corrected chi connectivity index (χ1v) is 22.0. The van der Waals surface area contributed by atoms with Crippen molar-refractivity contribution in [2.24, 2.45) is 5.92 Å². The van der Waals surface area contributed by atoms with Crippen LogP contribution in [0.2, 0.25) is 0 Å². The standard InChI is InChI=1S/C47H53FN12O4/c1-28-22-31(6-9-35(28)29(2)51-44(62)43-53-45(64-56-43)47(3,4)5)41-36-23-33(26-50-42(36)55-54-41)32-7-11-39(49-25-32)59-20-18-57(19-21-59)27-30-12-15-58(16-13-30)34-8-10-38(37(48)24-34)60-17-14-40(61)52-46(60)63/h6-11,22-26,29-30H,12-21,27H2,1-5H3,(H,51,62)(H,50,54,55)(H,52,61,63). The second kappa shape index (κ2) is 17.4. The number of urea groups is 1. The molecule has 332 valence electrons. The van der Waals surface area contributed by atoms with Crippen LogP contribution in [0, 0.1) is 18.7 Å². The van der Waals surface area contributed by atoms with Crippen LogP contribution in [0.1, 0.15) is 80.6 Å². The Morgan fingerprint density at radius 3 is 2.36 bits per heavy atom. The van der Waals surface area contributed by atoms with Gasteiger partial charge in [-0.1, -0.05) is 38.1 Å². The Bertz CT molecular complexity index is 2690. The quantitative estimate of drug-likeness (QED) is 0.131. The number of H-pyrrole nitrogens is 1. The van der Waals surface area contributed by atoms with E-state index in [1.165, 1.54) is 11.0 Å². The lowest BCUT2D eigenvalue weighted by atomic mass is 9.95. The summed E-state index contributed by atoms with van der Waals surface area (Å²) in [5, 5.41) is 17.7. The molecular formula is C47H53FN12O4. The van der Waals surface area contributed by atoms with E-state index in [0.717, 1.165) is 109 Å². The van der Waals surface area contributed by atoms with Crippen LogP contribution in [-0.2, 0) is 10.2 Å². The topological polar surface area (TPSA) is 182 Å². The summed E-state index contributed by atoms with van der Waals surface area (Å²) in [7, 11) is 0. The average Bonchev–Trinajstić information content (AvgIpc) is 3.96. The molecule has 3 saturated heterocycles. The van der Waals surface area contributed by atoms with Crippen molar-refractivity contribution in [2.75, 3.05) is 67.1 Å². The van der Waals surface area contributed by atoms with E-state index in [0.29, 0.717) is 17.5 Å². The summed E-state index contributed by atoms with van der Waals surface area (Å²) in [5.74, 6) is 0.750. The number of carbonyl (C=O) groups excluding carboxylic acids is 3. The molecule has 1 atom stereocenters. The molecule has 17 heteroatoms. The van der Waals surface area contributed by atoms with Crippen LogP contribution >= 0.6 is 0 Å². The predicted molar refractivity (Wildman–Crippen MR) is 242 cm³/mol. The Labute approximate surface area is 370 Å². The third-order valence-electron chi connectivity index (χ3n) is 12.6. The molecule has 0 aliphatic carbocycles. The fraction of sp³-hybridized carbons (Fsp3) is 0.404. The normalized spacial score (nSPS) is 17.2. The summed E-state index contributed by atoms with van der Waals surface area (Å²) in [5.41, 5.74) is 6.98. The number of hydrogen-bond donors (Lipinski definition) is 3. The van der Waals surface area contributed by atoms with Crippen molar-refractivity contribution >= 4 is 46.1 Å². The lowest BCUT2D eigenvalue weighted by Gasteiger charge is -2.39. The third kappa shape index (κ3) is 8.89. The monoisotopic (exact) mass is 868 g/mol. The number of benzene rings is 2. The molecule has 9 rings (SSSR count). The predicted octanol–water partition coefficient (Wildman–Crippen LogP) is 6.79. The van der Waals surface area contributed by atoms with Gasteiger partial charge < -0.3 is 19.6 Å². The van der Waals surface area contributed by atoms with Crippen LogP contribution < -0.4 is 25.3 Å². The number of imide groups is 1. The molecule has 0 bridgehead atoms. The molecule has 4 aromatic heterocycles. The fourth-order valence-electron chi connectivity index (χ4n) is 8.90. The molecule has 0 radical (unpaired) electrons. The second-order valence-electron chi connectivity index (χ2n) is 18.1. The maximum atomic E-state index is 15.1. The number of amides is 4. The van der Waals surface area contributed by atoms with E-state index in [1.54, 1.807) is 6.07 Å². The smallest absolute Gasteiger partial charge is 0.328 e. The van der Waals surface area contributed by atoms with E-state index in [1.807, 2.05) is 65.2 Å². The molecule has 0 saturated carbocycles. The molecule has 3 aliphatic heterocycles. The van der Waals surface area contributed by atoms with Gasteiger partial charge in [-0.25, -0.2) is 19.2 Å². The van der Waals surface area contributed by atoms with Gasteiger partial charge in [0, 0.05) is 104 Å². The molecule has 3 aliphatic rings. The maximum absolute atomic E-state index is 15.1. The molecule has 0 spiro atoms.